The Morgan fingerprint density at radius 2 is 2.29 bits per heavy atom. The molecule has 0 saturated heterocycles. The van der Waals surface area contributed by atoms with Crippen LogP contribution in [0.5, 0.6) is 0 Å². The number of nitrogens with one attached hydrogen (secondary N) is 2. The van der Waals surface area contributed by atoms with E-state index in [2.05, 4.69) is 36.2 Å². The standard InChI is InChI=1S/C10H20N4/c1-10(2,3)5-4-8(14-11)9-12-6-7-13-9/h6-8,14H,4-5,11H2,1-3H3,(H,12,13). The van der Waals surface area contributed by atoms with Crippen molar-refractivity contribution in [2.24, 2.45) is 11.3 Å². The van der Waals surface area contributed by atoms with E-state index in [0.717, 1.165) is 18.7 Å². The van der Waals surface area contributed by atoms with Crippen molar-refractivity contribution in [2.45, 2.75) is 39.7 Å². The Bertz CT molecular complexity index is 248. The number of aromatic amines is 1. The molecule has 4 N–H and O–H groups in total. The zero-order chi connectivity index (χ0) is 10.6. The van der Waals surface area contributed by atoms with Gasteiger partial charge >= 0.3 is 0 Å². The summed E-state index contributed by atoms with van der Waals surface area (Å²) >= 11 is 0. The summed E-state index contributed by atoms with van der Waals surface area (Å²) in [5.74, 6) is 6.40. The van der Waals surface area contributed by atoms with Crippen molar-refractivity contribution in [3.05, 3.63) is 18.2 Å². The molecule has 0 aliphatic carbocycles. The van der Waals surface area contributed by atoms with Crippen molar-refractivity contribution >= 4 is 0 Å². The molecule has 1 heterocycles. The van der Waals surface area contributed by atoms with Crippen molar-refractivity contribution in [3.63, 3.8) is 0 Å². The van der Waals surface area contributed by atoms with E-state index in [1.807, 2.05) is 6.20 Å². The van der Waals surface area contributed by atoms with Crippen LogP contribution in [0.1, 0.15) is 45.5 Å². The zero-order valence-electron chi connectivity index (χ0n) is 9.17. The number of nitrogens with two attached hydrogens (primary N) is 1. The molecule has 0 aliphatic rings. The van der Waals surface area contributed by atoms with Gasteiger partial charge in [0.2, 0.25) is 0 Å². The molecule has 0 fully saturated rings. The molecule has 0 bridgehead atoms. The molecule has 0 radical (unpaired) electrons. The molecule has 4 heteroatoms. The van der Waals surface area contributed by atoms with Gasteiger partial charge in [0.25, 0.3) is 0 Å². The van der Waals surface area contributed by atoms with Gasteiger partial charge in [-0.05, 0) is 18.3 Å². The fourth-order valence-corrected chi connectivity index (χ4v) is 1.34. The van der Waals surface area contributed by atoms with E-state index in [0.29, 0.717) is 5.41 Å². The van der Waals surface area contributed by atoms with Crippen LogP contribution in [-0.4, -0.2) is 9.97 Å². The highest BCUT2D eigenvalue weighted by Gasteiger charge is 2.16. The van der Waals surface area contributed by atoms with Crippen LogP contribution in [0.4, 0.5) is 0 Å². The monoisotopic (exact) mass is 196 g/mol. The van der Waals surface area contributed by atoms with Crippen molar-refractivity contribution in [3.8, 4) is 0 Å². The predicted octanol–water partition coefficient (Wildman–Crippen LogP) is 1.74. The van der Waals surface area contributed by atoms with Gasteiger partial charge in [0.15, 0.2) is 0 Å². The molecular formula is C10H20N4. The van der Waals surface area contributed by atoms with Crippen LogP contribution in [0.3, 0.4) is 0 Å². The maximum atomic E-state index is 5.48. The second-order valence-corrected chi connectivity index (χ2v) is 4.79. The number of aromatic nitrogens is 2. The second-order valence-electron chi connectivity index (χ2n) is 4.79. The van der Waals surface area contributed by atoms with Crippen LogP contribution in [-0.2, 0) is 0 Å². The highest BCUT2D eigenvalue weighted by Crippen LogP contribution is 2.25. The molecule has 1 aromatic rings. The predicted molar refractivity (Wildman–Crippen MR) is 57.3 cm³/mol. The van der Waals surface area contributed by atoms with E-state index in [-0.39, 0.29) is 6.04 Å². The van der Waals surface area contributed by atoms with Gasteiger partial charge in [-0.25, -0.2) is 10.4 Å². The molecule has 0 aromatic carbocycles. The number of rotatable bonds is 4. The molecule has 14 heavy (non-hydrogen) atoms. The molecular weight excluding hydrogens is 176 g/mol. The van der Waals surface area contributed by atoms with Gasteiger partial charge in [0, 0.05) is 12.4 Å². The van der Waals surface area contributed by atoms with Gasteiger partial charge in [-0.3, -0.25) is 5.84 Å². The Hall–Kier alpha value is -0.870. The van der Waals surface area contributed by atoms with Gasteiger partial charge in [-0.1, -0.05) is 20.8 Å². The lowest BCUT2D eigenvalue weighted by Gasteiger charge is -2.21. The fraction of sp³-hybridized carbons (Fsp3) is 0.700. The zero-order valence-corrected chi connectivity index (χ0v) is 9.17. The summed E-state index contributed by atoms with van der Waals surface area (Å²) in [5, 5.41) is 0. The number of nitrogens with zero attached hydrogens (tertiary/aromatic N) is 1. The van der Waals surface area contributed by atoms with Gasteiger partial charge < -0.3 is 4.98 Å². The average Bonchev–Trinajstić information content (AvgIpc) is 2.56. The van der Waals surface area contributed by atoms with E-state index < -0.39 is 0 Å². The topological polar surface area (TPSA) is 66.7 Å². The summed E-state index contributed by atoms with van der Waals surface area (Å²) in [6.07, 6.45) is 5.67. The summed E-state index contributed by atoms with van der Waals surface area (Å²) in [5.41, 5.74) is 3.12. The van der Waals surface area contributed by atoms with E-state index >= 15 is 0 Å². The first-order valence-corrected chi connectivity index (χ1v) is 4.98. The number of H-pyrrole nitrogens is 1. The Morgan fingerprint density at radius 3 is 2.71 bits per heavy atom. The Morgan fingerprint density at radius 1 is 1.57 bits per heavy atom. The van der Waals surface area contributed by atoms with Gasteiger partial charge in [-0.2, -0.15) is 0 Å². The molecule has 1 atom stereocenters. The van der Waals surface area contributed by atoms with Crippen LogP contribution in [0.25, 0.3) is 0 Å². The summed E-state index contributed by atoms with van der Waals surface area (Å²) in [7, 11) is 0. The third-order valence-corrected chi connectivity index (χ3v) is 2.23. The third kappa shape index (κ3) is 3.47. The lowest BCUT2D eigenvalue weighted by atomic mass is 9.88. The maximum Gasteiger partial charge on any atom is 0.124 e. The van der Waals surface area contributed by atoms with Crippen molar-refractivity contribution in [1.82, 2.24) is 15.4 Å². The van der Waals surface area contributed by atoms with E-state index in [1.165, 1.54) is 0 Å². The molecule has 1 rings (SSSR count). The molecule has 4 nitrogen and oxygen atoms in total. The summed E-state index contributed by atoms with van der Waals surface area (Å²) in [4.78, 5) is 7.26. The SMILES string of the molecule is CC(C)(C)CCC(NN)c1ncc[nH]1. The van der Waals surface area contributed by atoms with Crippen molar-refractivity contribution < 1.29 is 0 Å². The first-order chi connectivity index (χ1) is 6.53. The van der Waals surface area contributed by atoms with Crippen LogP contribution in [0.15, 0.2) is 12.4 Å². The first kappa shape index (κ1) is 11.2. The largest absolute Gasteiger partial charge is 0.347 e. The summed E-state index contributed by atoms with van der Waals surface area (Å²) < 4.78 is 0. The molecule has 1 unspecified atom stereocenters. The quantitative estimate of drug-likeness (QED) is 0.507. The molecule has 0 amide bonds. The van der Waals surface area contributed by atoms with E-state index in [9.17, 15) is 0 Å². The smallest absolute Gasteiger partial charge is 0.124 e. The first-order valence-electron chi connectivity index (χ1n) is 4.98. The Balaban J connectivity index is 2.49. The molecule has 1 aromatic heterocycles. The van der Waals surface area contributed by atoms with E-state index in [1.54, 1.807) is 6.20 Å². The lowest BCUT2D eigenvalue weighted by Crippen LogP contribution is -2.29. The maximum absolute atomic E-state index is 5.48. The van der Waals surface area contributed by atoms with Crippen LogP contribution in [0.2, 0.25) is 0 Å². The van der Waals surface area contributed by atoms with Crippen molar-refractivity contribution in [1.29, 1.82) is 0 Å². The van der Waals surface area contributed by atoms with Crippen molar-refractivity contribution in [2.75, 3.05) is 0 Å². The normalized spacial score (nSPS) is 14.3. The van der Waals surface area contributed by atoms with Gasteiger partial charge in [0.05, 0.1) is 6.04 Å². The lowest BCUT2D eigenvalue weighted by molar-refractivity contribution is 0.329. The Labute approximate surface area is 85.3 Å². The fourth-order valence-electron chi connectivity index (χ4n) is 1.34. The molecule has 80 valence electrons. The minimum atomic E-state index is 0.129. The minimum absolute atomic E-state index is 0.129. The summed E-state index contributed by atoms with van der Waals surface area (Å²) in [6, 6.07) is 0.129. The van der Waals surface area contributed by atoms with Gasteiger partial charge in [0.1, 0.15) is 5.82 Å². The van der Waals surface area contributed by atoms with Gasteiger partial charge in [-0.15, -0.1) is 0 Å². The van der Waals surface area contributed by atoms with Crippen LogP contribution >= 0.6 is 0 Å². The molecule has 0 aliphatic heterocycles. The number of hydrazine groups is 1. The molecule has 0 saturated carbocycles. The highest BCUT2D eigenvalue weighted by molar-refractivity contribution is 4.94. The minimum Gasteiger partial charge on any atom is -0.347 e. The van der Waals surface area contributed by atoms with Crippen LogP contribution < -0.4 is 11.3 Å². The second kappa shape index (κ2) is 4.57. The Kier molecular flexibility index (Phi) is 3.66. The van der Waals surface area contributed by atoms with E-state index in [4.69, 9.17) is 5.84 Å². The third-order valence-electron chi connectivity index (χ3n) is 2.23. The van der Waals surface area contributed by atoms with Crippen LogP contribution in [0, 0.1) is 5.41 Å². The highest BCUT2D eigenvalue weighted by atomic mass is 15.2. The number of hydrogen-bond donors (Lipinski definition) is 3. The molecule has 0 spiro atoms. The number of hydrogen-bond acceptors (Lipinski definition) is 3. The number of imidazole rings is 1. The summed E-state index contributed by atoms with van der Waals surface area (Å²) in [6.45, 7) is 6.67. The average molecular weight is 196 g/mol.